The summed E-state index contributed by atoms with van der Waals surface area (Å²) in [6.45, 7) is 3.08. The van der Waals surface area contributed by atoms with Crippen LogP contribution in [0.25, 0.3) is 6.08 Å². The molecule has 3 nitrogen and oxygen atoms in total. The molecule has 0 radical (unpaired) electrons. The van der Waals surface area contributed by atoms with Crippen molar-refractivity contribution < 1.29 is 9.52 Å². The number of rotatable bonds is 6. The number of furan rings is 1. The van der Waals surface area contributed by atoms with Crippen LogP contribution in [0.2, 0.25) is 0 Å². The first kappa shape index (κ1) is 11.0. The van der Waals surface area contributed by atoms with Gasteiger partial charge in [-0.05, 0) is 31.6 Å². The summed E-state index contributed by atoms with van der Waals surface area (Å²) < 4.78 is 5.13. The highest BCUT2D eigenvalue weighted by atomic mass is 16.3. The second kappa shape index (κ2) is 6.40. The molecule has 0 aliphatic carbocycles. The zero-order chi connectivity index (χ0) is 10.2. The van der Waals surface area contributed by atoms with Crippen LogP contribution in [0.3, 0.4) is 0 Å². The summed E-state index contributed by atoms with van der Waals surface area (Å²) in [5.74, 6) is 0.863. The Hall–Kier alpha value is -1.06. The normalized spacial score (nSPS) is 13.6. The molecule has 1 rings (SSSR count). The van der Waals surface area contributed by atoms with Gasteiger partial charge in [-0.3, -0.25) is 0 Å². The van der Waals surface area contributed by atoms with E-state index in [9.17, 15) is 0 Å². The van der Waals surface area contributed by atoms with Gasteiger partial charge in [-0.2, -0.15) is 0 Å². The zero-order valence-electron chi connectivity index (χ0n) is 8.44. The van der Waals surface area contributed by atoms with Gasteiger partial charge in [-0.25, -0.2) is 0 Å². The Kier molecular flexibility index (Phi) is 5.04. The fourth-order valence-corrected chi connectivity index (χ4v) is 1.13. The molecule has 0 aliphatic heterocycles. The molecule has 0 aliphatic rings. The minimum Gasteiger partial charge on any atom is -0.465 e. The van der Waals surface area contributed by atoms with E-state index >= 15 is 0 Å². The highest BCUT2D eigenvalue weighted by Gasteiger charge is 1.96. The van der Waals surface area contributed by atoms with Crippen molar-refractivity contribution in [2.45, 2.75) is 19.4 Å². The third-order valence-electron chi connectivity index (χ3n) is 1.97. The molecule has 0 fully saturated rings. The average molecular weight is 195 g/mol. The molecule has 78 valence electrons. The fourth-order valence-electron chi connectivity index (χ4n) is 1.13. The first-order valence-corrected chi connectivity index (χ1v) is 4.87. The molecule has 1 atom stereocenters. The van der Waals surface area contributed by atoms with Crippen molar-refractivity contribution in [1.82, 2.24) is 5.32 Å². The van der Waals surface area contributed by atoms with Crippen molar-refractivity contribution >= 4 is 6.08 Å². The molecule has 0 aromatic carbocycles. The zero-order valence-corrected chi connectivity index (χ0v) is 8.44. The summed E-state index contributed by atoms with van der Waals surface area (Å²) in [4.78, 5) is 0. The second-order valence-electron chi connectivity index (χ2n) is 3.24. The number of hydrogen-bond acceptors (Lipinski definition) is 3. The Labute approximate surface area is 84.4 Å². The van der Waals surface area contributed by atoms with Crippen molar-refractivity contribution in [3.63, 3.8) is 0 Å². The van der Waals surface area contributed by atoms with E-state index in [-0.39, 0.29) is 6.61 Å². The Morgan fingerprint density at radius 3 is 3.14 bits per heavy atom. The van der Waals surface area contributed by atoms with Crippen LogP contribution in [0.4, 0.5) is 0 Å². The van der Waals surface area contributed by atoms with Gasteiger partial charge in [-0.1, -0.05) is 6.08 Å². The summed E-state index contributed by atoms with van der Waals surface area (Å²) in [6, 6.07) is 4.12. The molecule has 0 saturated heterocycles. The van der Waals surface area contributed by atoms with Gasteiger partial charge < -0.3 is 14.8 Å². The number of aliphatic hydroxyl groups excluding tert-OH is 1. The molecule has 3 heteroatoms. The molecule has 0 saturated carbocycles. The van der Waals surface area contributed by atoms with E-state index in [0.29, 0.717) is 6.04 Å². The maximum atomic E-state index is 8.67. The third kappa shape index (κ3) is 4.25. The lowest BCUT2D eigenvalue weighted by Gasteiger charge is -2.09. The van der Waals surface area contributed by atoms with Gasteiger partial charge in [0.1, 0.15) is 5.76 Å². The van der Waals surface area contributed by atoms with Gasteiger partial charge in [-0.15, -0.1) is 0 Å². The molecule has 1 heterocycles. The van der Waals surface area contributed by atoms with Crippen molar-refractivity contribution in [3.05, 3.63) is 30.2 Å². The highest BCUT2D eigenvalue weighted by molar-refractivity contribution is 5.42. The molecule has 1 aromatic rings. The van der Waals surface area contributed by atoms with Crippen molar-refractivity contribution in [3.8, 4) is 0 Å². The fraction of sp³-hybridized carbons (Fsp3) is 0.455. The van der Waals surface area contributed by atoms with E-state index in [1.54, 1.807) is 6.26 Å². The largest absolute Gasteiger partial charge is 0.465 e. The molecule has 1 aromatic heterocycles. The van der Waals surface area contributed by atoms with Gasteiger partial charge in [0.2, 0.25) is 0 Å². The van der Waals surface area contributed by atoms with Gasteiger partial charge in [0.25, 0.3) is 0 Å². The van der Waals surface area contributed by atoms with Crippen LogP contribution in [0.5, 0.6) is 0 Å². The quantitative estimate of drug-likeness (QED) is 0.725. The van der Waals surface area contributed by atoms with E-state index in [0.717, 1.165) is 18.7 Å². The minimum absolute atomic E-state index is 0.232. The van der Waals surface area contributed by atoms with E-state index in [4.69, 9.17) is 9.52 Å². The Morgan fingerprint density at radius 2 is 2.50 bits per heavy atom. The van der Waals surface area contributed by atoms with Crippen LogP contribution < -0.4 is 5.32 Å². The first-order valence-electron chi connectivity index (χ1n) is 4.87. The minimum atomic E-state index is 0.232. The first-order chi connectivity index (χ1) is 6.83. The maximum Gasteiger partial charge on any atom is 0.126 e. The summed E-state index contributed by atoms with van der Waals surface area (Å²) in [6.07, 6.45) is 6.38. The van der Waals surface area contributed by atoms with Crippen LogP contribution >= 0.6 is 0 Å². The maximum absolute atomic E-state index is 8.67. The number of nitrogens with one attached hydrogen (secondary N) is 1. The van der Waals surface area contributed by atoms with Crippen LogP contribution in [0.1, 0.15) is 19.1 Å². The lowest BCUT2D eigenvalue weighted by molar-refractivity contribution is 0.270. The SMILES string of the molecule is C[C@H](CCO)NC/C=C/c1ccco1. The molecular formula is C11H17NO2. The van der Waals surface area contributed by atoms with Crippen LogP contribution in [-0.4, -0.2) is 24.3 Å². The molecule has 2 N–H and O–H groups in total. The predicted molar refractivity (Wildman–Crippen MR) is 56.9 cm³/mol. The lowest BCUT2D eigenvalue weighted by atomic mass is 10.2. The third-order valence-corrected chi connectivity index (χ3v) is 1.97. The van der Waals surface area contributed by atoms with Gasteiger partial charge in [0.05, 0.1) is 6.26 Å². The molecule has 0 bridgehead atoms. The van der Waals surface area contributed by atoms with Gasteiger partial charge in [0, 0.05) is 19.2 Å². The van der Waals surface area contributed by atoms with Gasteiger partial charge >= 0.3 is 0 Å². The van der Waals surface area contributed by atoms with Crippen molar-refractivity contribution in [2.24, 2.45) is 0 Å². The standard InChI is InChI=1S/C11H17NO2/c1-10(6-8-13)12-7-2-4-11-5-3-9-14-11/h2-5,9-10,12-13H,6-8H2,1H3/b4-2+/t10-/m1/s1. The van der Waals surface area contributed by atoms with Crippen LogP contribution in [0, 0.1) is 0 Å². The van der Waals surface area contributed by atoms with E-state index in [2.05, 4.69) is 12.2 Å². The lowest BCUT2D eigenvalue weighted by Crippen LogP contribution is -2.26. The predicted octanol–water partition coefficient (Wildman–Crippen LogP) is 1.65. The topological polar surface area (TPSA) is 45.4 Å². The van der Waals surface area contributed by atoms with Crippen LogP contribution in [-0.2, 0) is 0 Å². The number of aliphatic hydroxyl groups is 1. The average Bonchev–Trinajstić information content (AvgIpc) is 2.65. The van der Waals surface area contributed by atoms with Crippen LogP contribution in [0.15, 0.2) is 28.9 Å². The highest BCUT2D eigenvalue weighted by Crippen LogP contribution is 2.01. The number of hydrogen-bond donors (Lipinski definition) is 2. The van der Waals surface area contributed by atoms with E-state index in [1.165, 1.54) is 0 Å². The molecule has 0 spiro atoms. The summed E-state index contributed by atoms with van der Waals surface area (Å²) in [7, 11) is 0. The Bertz CT molecular complexity index is 254. The molecule has 14 heavy (non-hydrogen) atoms. The smallest absolute Gasteiger partial charge is 0.126 e. The molecule has 0 amide bonds. The van der Waals surface area contributed by atoms with E-state index < -0.39 is 0 Å². The van der Waals surface area contributed by atoms with Gasteiger partial charge in [0.15, 0.2) is 0 Å². The summed E-state index contributed by atoms with van der Waals surface area (Å²) in [5.41, 5.74) is 0. The second-order valence-corrected chi connectivity index (χ2v) is 3.24. The molecular weight excluding hydrogens is 178 g/mol. The monoisotopic (exact) mass is 195 g/mol. The summed E-state index contributed by atoms with van der Waals surface area (Å²) in [5, 5.41) is 11.9. The summed E-state index contributed by atoms with van der Waals surface area (Å²) >= 11 is 0. The van der Waals surface area contributed by atoms with E-state index in [1.807, 2.05) is 24.3 Å². The van der Waals surface area contributed by atoms with Crippen molar-refractivity contribution in [2.75, 3.05) is 13.2 Å². The van der Waals surface area contributed by atoms with Crippen molar-refractivity contribution in [1.29, 1.82) is 0 Å². The molecule has 0 unspecified atom stereocenters. The Balaban J connectivity index is 2.15. The Morgan fingerprint density at radius 1 is 1.64 bits per heavy atom.